The van der Waals surface area contributed by atoms with Crippen LogP contribution in [-0.2, 0) is 9.59 Å². The SMILES string of the molecule is CC(C)CC(=O)N1CCCC1c1cnc(-c2cc(F)c3c(c2)OC(c2ccccc2)n2c-3cc3cc(-c4ncc(C5CCCN5C(=O)C(N)C(C)C)[nH]4)ccc32)[nH]1. The number of aromatic amines is 2. The summed E-state index contributed by atoms with van der Waals surface area (Å²) < 4.78 is 25.4. The van der Waals surface area contributed by atoms with Gasteiger partial charge in [-0.2, -0.15) is 0 Å². The van der Waals surface area contributed by atoms with Gasteiger partial charge in [0.25, 0.3) is 0 Å². The van der Waals surface area contributed by atoms with Gasteiger partial charge in [-0.05, 0) is 73.9 Å². The minimum absolute atomic E-state index is 0.0289. The first-order valence-electron chi connectivity index (χ1n) is 20.2. The number of carbonyl (C=O) groups is 2. The fourth-order valence-electron chi connectivity index (χ4n) is 8.88. The van der Waals surface area contributed by atoms with Crippen molar-refractivity contribution < 1.29 is 18.7 Å². The van der Waals surface area contributed by atoms with Crippen molar-refractivity contribution >= 4 is 22.7 Å². The third-order valence-electron chi connectivity index (χ3n) is 11.9. The van der Waals surface area contributed by atoms with Gasteiger partial charge in [-0.15, -0.1) is 0 Å². The van der Waals surface area contributed by atoms with Crippen molar-refractivity contribution in [3.8, 4) is 39.8 Å². The van der Waals surface area contributed by atoms with Gasteiger partial charge >= 0.3 is 0 Å². The number of halogens is 1. The Kier molecular flexibility index (Phi) is 9.47. The normalized spacial score (nSPS) is 19.7. The van der Waals surface area contributed by atoms with E-state index in [-0.39, 0.29) is 35.7 Å². The summed E-state index contributed by atoms with van der Waals surface area (Å²) in [6, 6.07) is 20.7. The second-order valence-electron chi connectivity index (χ2n) is 16.6. The van der Waals surface area contributed by atoms with Crippen LogP contribution in [0.5, 0.6) is 5.75 Å². The summed E-state index contributed by atoms with van der Waals surface area (Å²) in [5, 5.41) is 0.908. The number of hydrogen-bond acceptors (Lipinski definition) is 6. The number of likely N-dealkylation sites (tertiary alicyclic amines) is 2. The van der Waals surface area contributed by atoms with Crippen LogP contribution >= 0.6 is 0 Å². The smallest absolute Gasteiger partial charge is 0.240 e. The van der Waals surface area contributed by atoms with Crippen LogP contribution in [0.3, 0.4) is 0 Å². The van der Waals surface area contributed by atoms with Crippen molar-refractivity contribution in [2.24, 2.45) is 17.6 Å². The van der Waals surface area contributed by atoms with Crippen molar-refractivity contribution in [1.82, 2.24) is 34.3 Å². The Balaban J connectivity index is 1.06. The Labute approximate surface area is 331 Å². The molecular formula is C45H49FN8O3. The molecule has 4 atom stereocenters. The molecule has 0 saturated carbocycles. The molecule has 0 aliphatic carbocycles. The minimum Gasteiger partial charge on any atom is -0.465 e. The Morgan fingerprint density at radius 3 is 2.21 bits per heavy atom. The minimum atomic E-state index is -0.559. The number of carbonyl (C=O) groups excluding carboxylic acids is 2. The molecule has 2 amide bonds. The number of rotatable bonds is 9. The number of nitrogens with one attached hydrogen (secondary N) is 2. The zero-order valence-electron chi connectivity index (χ0n) is 32.8. The lowest BCUT2D eigenvalue weighted by atomic mass is 10.0. The third kappa shape index (κ3) is 6.59. The molecule has 57 heavy (non-hydrogen) atoms. The maximum absolute atomic E-state index is 16.6. The fourth-order valence-corrected chi connectivity index (χ4v) is 8.88. The predicted octanol–water partition coefficient (Wildman–Crippen LogP) is 8.52. The quantitative estimate of drug-likeness (QED) is 0.135. The molecular weight excluding hydrogens is 720 g/mol. The maximum atomic E-state index is 16.6. The molecule has 3 aliphatic heterocycles. The lowest BCUT2D eigenvalue weighted by Crippen LogP contribution is -2.46. The van der Waals surface area contributed by atoms with Crippen molar-refractivity contribution in [2.75, 3.05) is 13.1 Å². The van der Waals surface area contributed by atoms with Gasteiger partial charge in [-0.1, -0.05) is 58.0 Å². The lowest BCUT2D eigenvalue weighted by molar-refractivity contribution is -0.134. The van der Waals surface area contributed by atoms with E-state index in [9.17, 15) is 9.59 Å². The summed E-state index contributed by atoms with van der Waals surface area (Å²) in [7, 11) is 0. The van der Waals surface area contributed by atoms with Gasteiger partial charge in [-0.25, -0.2) is 14.4 Å². The largest absolute Gasteiger partial charge is 0.465 e. The van der Waals surface area contributed by atoms with Crippen LogP contribution in [0.25, 0.3) is 44.9 Å². The molecule has 4 unspecified atom stereocenters. The van der Waals surface area contributed by atoms with E-state index in [1.165, 1.54) is 6.07 Å². The van der Waals surface area contributed by atoms with E-state index in [1.54, 1.807) is 6.20 Å². The second kappa shape index (κ2) is 14.6. The van der Waals surface area contributed by atoms with Gasteiger partial charge in [0.05, 0.1) is 58.7 Å². The number of ether oxygens (including phenoxy) is 1. The van der Waals surface area contributed by atoms with E-state index < -0.39 is 18.1 Å². The summed E-state index contributed by atoms with van der Waals surface area (Å²) in [5.74, 6) is 1.67. The molecule has 3 aromatic heterocycles. The van der Waals surface area contributed by atoms with Crippen LogP contribution in [0.2, 0.25) is 0 Å². The highest BCUT2D eigenvalue weighted by molar-refractivity contribution is 5.92. The van der Waals surface area contributed by atoms with Gasteiger partial charge in [0.1, 0.15) is 23.2 Å². The van der Waals surface area contributed by atoms with Crippen LogP contribution in [-0.4, -0.2) is 65.2 Å². The molecule has 6 aromatic rings. The maximum Gasteiger partial charge on any atom is 0.240 e. The molecule has 11 nitrogen and oxygen atoms in total. The number of aromatic nitrogens is 5. The molecule has 9 rings (SSSR count). The monoisotopic (exact) mass is 768 g/mol. The standard InChI is InChI=1S/C45H49FN8O3/c1-25(2)18-39(55)52-16-8-12-35(52)32-23-49-43(51-32)30-20-31(46)40-37-21-29-19-28(14-15-34(29)54(37)45(57-38(40)22-30)27-10-6-5-7-11-27)42-48-24-33(50-42)36-13-9-17-53(36)44(56)41(47)26(3)4/h5-7,10-11,14-15,19-26,35-36,41,45H,8-9,12-13,16-18,47H2,1-4H3,(H,48,50)(H,49,51). The van der Waals surface area contributed by atoms with E-state index in [4.69, 9.17) is 15.5 Å². The molecule has 2 fully saturated rings. The van der Waals surface area contributed by atoms with E-state index in [1.807, 2.05) is 84.4 Å². The van der Waals surface area contributed by atoms with Crippen molar-refractivity contribution in [3.05, 3.63) is 102 Å². The second-order valence-corrected chi connectivity index (χ2v) is 16.6. The molecule has 0 radical (unpaired) electrons. The van der Waals surface area contributed by atoms with Crippen molar-refractivity contribution in [2.45, 2.75) is 84.2 Å². The first-order valence-corrected chi connectivity index (χ1v) is 20.2. The van der Waals surface area contributed by atoms with E-state index in [0.29, 0.717) is 47.2 Å². The topological polar surface area (TPSA) is 138 Å². The van der Waals surface area contributed by atoms with Crippen molar-refractivity contribution in [3.63, 3.8) is 0 Å². The third-order valence-corrected chi connectivity index (χ3v) is 11.9. The summed E-state index contributed by atoms with van der Waals surface area (Å²) in [6.45, 7) is 9.45. The van der Waals surface area contributed by atoms with Crippen LogP contribution in [0.4, 0.5) is 4.39 Å². The lowest BCUT2D eigenvalue weighted by Gasteiger charge is -2.30. The molecule has 0 bridgehead atoms. The zero-order valence-corrected chi connectivity index (χ0v) is 32.8. The zero-order chi connectivity index (χ0) is 39.5. The highest BCUT2D eigenvalue weighted by Crippen LogP contribution is 2.47. The average molecular weight is 769 g/mol. The van der Waals surface area contributed by atoms with Gasteiger partial charge < -0.3 is 34.8 Å². The van der Waals surface area contributed by atoms with E-state index in [0.717, 1.165) is 65.6 Å². The van der Waals surface area contributed by atoms with Gasteiger partial charge in [0, 0.05) is 41.6 Å². The highest BCUT2D eigenvalue weighted by Gasteiger charge is 2.36. The van der Waals surface area contributed by atoms with Crippen molar-refractivity contribution in [1.29, 1.82) is 0 Å². The van der Waals surface area contributed by atoms with Gasteiger partial charge in [0.15, 0.2) is 0 Å². The van der Waals surface area contributed by atoms with Crippen LogP contribution in [0.1, 0.15) is 95.1 Å². The Morgan fingerprint density at radius 2 is 1.53 bits per heavy atom. The average Bonchev–Trinajstić information content (AvgIpc) is 4.05. The number of nitrogens with two attached hydrogens (primary N) is 1. The van der Waals surface area contributed by atoms with Crippen LogP contribution < -0.4 is 10.5 Å². The molecule has 6 heterocycles. The first kappa shape index (κ1) is 36.9. The Bertz CT molecular complexity index is 2470. The Morgan fingerprint density at radius 1 is 0.860 bits per heavy atom. The number of H-pyrrole nitrogens is 2. The van der Waals surface area contributed by atoms with Crippen LogP contribution in [0.15, 0.2) is 79.1 Å². The number of hydrogen-bond donors (Lipinski definition) is 3. The number of benzene rings is 3. The number of imidazole rings is 2. The molecule has 294 valence electrons. The molecule has 0 spiro atoms. The first-order chi connectivity index (χ1) is 27.5. The molecule has 2 saturated heterocycles. The molecule has 3 aliphatic rings. The molecule has 4 N–H and O–H groups in total. The van der Waals surface area contributed by atoms with E-state index in [2.05, 4.69) is 39.4 Å². The van der Waals surface area contributed by atoms with Gasteiger partial charge in [0.2, 0.25) is 18.0 Å². The highest BCUT2D eigenvalue weighted by atomic mass is 19.1. The predicted molar refractivity (Wildman–Crippen MR) is 217 cm³/mol. The number of fused-ring (bicyclic) bond motifs is 5. The molecule has 3 aromatic carbocycles. The van der Waals surface area contributed by atoms with Gasteiger partial charge in [-0.3, -0.25) is 9.59 Å². The summed E-state index contributed by atoms with van der Waals surface area (Å²) >= 11 is 0. The molecule has 12 heteroatoms. The summed E-state index contributed by atoms with van der Waals surface area (Å²) in [5.41, 5.74) is 12.3. The summed E-state index contributed by atoms with van der Waals surface area (Å²) in [6.07, 6.45) is 7.08. The number of nitrogens with zero attached hydrogens (tertiary/aromatic N) is 5. The number of amides is 2. The summed E-state index contributed by atoms with van der Waals surface area (Å²) in [4.78, 5) is 46.5. The Hall–Kier alpha value is -5.75. The van der Waals surface area contributed by atoms with E-state index >= 15 is 4.39 Å². The van der Waals surface area contributed by atoms with Crippen LogP contribution in [0, 0.1) is 17.7 Å². The fraction of sp³-hybridized carbons (Fsp3) is 0.378.